The first-order valence-corrected chi connectivity index (χ1v) is 16.2. The Hall–Kier alpha value is -3.49. The second-order valence-electron chi connectivity index (χ2n) is 11.6. The minimum Gasteiger partial charge on any atom is -0.464 e. The number of benzene rings is 2. The lowest BCUT2D eigenvalue weighted by molar-refractivity contribution is -0.109. The number of aliphatic hydroxyl groups excluding tert-OH is 1. The first-order chi connectivity index (χ1) is 21.2. The molecule has 1 aromatic heterocycles. The Morgan fingerprint density at radius 2 is 1.95 bits per heavy atom. The van der Waals surface area contributed by atoms with Crippen LogP contribution in [0.3, 0.4) is 0 Å². The molecule has 0 aliphatic carbocycles. The molecule has 1 unspecified atom stereocenters. The quantitative estimate of drug-likeness (QED) is 0.228. The van der Waals surface area contributed by atoms with Crippen LogP contribution in [0.5, 0.6) is 0 Å². The molecule has 2 amide bonds. The van der Waals surface area contributed by atoms with Gasteiger partial charge in [0.2, 0.25) is 16.4 Å². The molecule has 238 valence electrons. The Morgan fingerprint density at radius 3 is 2.70 bits per heavy atom. The molecule has 3 heterocycles. The Kier molecular flexibility index (Phi) is 10.2. The number of nitrogens with one attached hydrogen (secondary N) is 2. The maximum absolute atomic E-state index is 14.0. The molecule has 0 radical (unpaired) electrons. The van der Waals surface area contributed by atoms with E-state index in [-0.39, 0.29) is 55.7 Å². The van der Waals surface area contributed by atoms with Gasteiger partial charge in [0.25, 0.3) is 0 Å². The van der Waals surface area contributed by atoms with E-state index in [9.17, 15) is 23.1 Å². The van der Waals surface area contributed by atoms with Crippen molar-refractivity contribution in [2.45, 2.75) is 62.7 Å². The highest BCUT2D eigenvalue weighted by Crippen LogP contribution is 2.33. The van der Waals surface area contributed by atoms with Gasteiger partial charge in [-0.3, -0.25) is 4.79 Å². The van der Waals surface area contributed by atoms with Crippen LogP contribution >= 0.6 is 0 Å². The third-order valence-corrected chi connectivity index (χ3v) is 9.74. The van der Waals surface area contributed by atoms with Crippen molar-refractivity contribution in [2.24, 2.45) is 11.8 Å². The summed E-state index contributed by atoms with van der Waals surface area (Å²) in [4.78, 5) is 23.9. The van der Waals surface area contributed by atoms with Crippen LogP contribution in [-0.2, 0) is 42.0 Å². The molecule has 5 atom stereocenters. The first kappa shape index (κ1) is 31.9. The normalized spacial score (nSPS) is 21.3. The van der Waals surface area contributed by atoms with Gasteiger partial charge >= 0.3 is 6.09 Å². The summed E-state index contributed by atoms with van der Waals surface area (Å²) in [5, 5.41) is 17.4. The zero-order chi connectivity index (χ0) is 31.3. The van der Waals surface area contributed by atoms with E-state index in [4.69, 9.17) is 18.6 Å². The van der Waals surface area contributed by atoms with Gasteiger partial charge in [-0.25, -0.2) is 13.2 Å². The number of carbonyl (C=O) groups excluding carboxylic acids is 2. The summed E-state index contributed by atoms with van der Waals surface area (Å²) < 4.78 is 51.6. The summed E-state index contributed by atoms with van der Waals surface area (Å²) in [5.41, 5.74) is 1.97. The van der Waals surface area contributed by atoms with Gasteiger partial charge in [-0.2, -0.15) is 4.31 Å². The predicted octanol–water partition coefficient (Wildman–Crippen LogP) is 2.79. The highest BCUT2D eigenvalue weighted by molar-refractivity contribution is 7.89. The van der Waals surface area contributed by atoms with E-state index < -0.39 is 34.4 Å². The average Bonchev–Trinajstić information content (AvgIpc) is 3.73. The van der Waals surface area contributed by atoms with E-state index in [2.05, 4.69) is 10.6 Å². The summed E-state index contributed by atoms with van der Waals surface area (Å²) in [5.74, 6) is -0.108. The van der Waals surface area contributed by atoms with Crippen molar-refractivity contribution in [3.63, 3.8) is 0 Å². The second-order valence-corrected chi connectivity index (χ2v) is 13.5. The summed E-state index contributed by atoms with van der Waals surface area (Å²) in [6.07, 6.45) is 0.157. The topological polar surface area (TPSA) is 157 Å². The number of fused-ring (bicyclic) bond motifs is 2. The molecule has 0 bridgehead atoms. The molecule has 2 aliphatic heterocycles. The van der Waals surface area contributed by atoms with Crippen LogP contribution in [0.25, 0.3) is 11.0 Å². The van der Waals surface area contributed by atoms with Gasteiger partial charge in [0, 0.05) is 30.6 Å². The molecule has 13 heteroatoms. The van der Waals surface area contributed by atoms with Crippen LogP contribution in [0.1, 0.15) is 31.4 Å². The molecule has 3 N–H and O–H groups in total. The lowest BCUT2D eigenvalue weighted by atomic mass is 10.0. The molecule has 2 fully saturated rings. The molecular formula is C31H39N3O9S. The van der Waals surface area contributed by atoms with E-state index in [1.807, 2.05) is 44.2 Å². The standard InChI is InChI=1S/C31H39N3O9S/c1-20(2)15-34(44(38,39)23-8-9-28-25(13-23)22(17-41-28)14-32-19-35)16-27(36)26(12-21-6-4-3-5-7-21)33-31(37)43-29-18-42-30-24(29)10-11-40-30/h3-9,13,17,19-20,24,26-27,29-30,36H,10-12,14-16,18H2,1-2H3,(H,32,35)(H,33,37)/t24-,26-,27+,29?,30+/m0/s1. The summed E-state index contributed by atoms with van der Waals surface area (Å²) >= 11 is 0. The molecule has 0 saturated carbocycles. The van der Waals surface area contributed by atoms with Gasteiger partial charge in [0.1, 0.15) is 11.7 Å². The maximum Gasteiger partial charge on any atom is 0.407 e. The lowest BCUT2D eigenvalue weighted by Crippen LogP contribution is -2.51. The van der Waals surface area contributed by atoms with Crippen LogP contribution in [-0.4, -0.2) is 81.2 Å². The van der Waals surface area contributed by atoms with E-state index in [0.29, 0.717) is 29.5 Å². The smallest absolute Gasteiger partial charge is 0.407 e. The highest BCUT2D eigenvalue weighted by atomic mass is 32.2. The zero-order valence-corrected chi connectivity index (χ0v) is 25.6. The zero-order valence-electron chi connectivity index (χ0n) is 24.8. The number of alkyl carbamates (subject to hydrolysis) is 1. The van der Waals surface area contributed by atoms with Gasteiger partial charge in [0.15, 0.2) is 6.29 Å². The number of hydrogen-bond donors (Lipinski definition) is 3. The molecule has 2 aromatic carbocycles. The van der Waals surface area contributed by atoms with Crippen molar-refractivity contribution in [1.82, 2.24) is 14.9 Å². The van der Waals surface area contributed by atoms with Crippen molar-refractivity contribution in [3.8, 4) is 0 Å². The van der Waals surface area contributed by atoms with Crippen molar-refractivity contribution in [2.75, 3.05) is 26.3 Å². The Balaban J connectivity index is 1.36. The van der Waals surface area contributed by atoms with E-state index in [1.54, 1.807) is 6.07 Å². The Bertz CT molecular complexity index is 1530. The number of rotatable bonds is 14. The molecule has 12 nitrogen and oxygen atoms in total. The number of hydrogen-bond acceptors (Lipinski definition) is 9. The third kappa shape index (κ3) is 7.41. The van der Waals surface area contributed by atoms with Crippen molar-refractivity contribution in [3.05, 3.63) is 65.9 Å². The van der Waals surface area contributed by atoms with Gasteiger partial charge < -0.3 is 34.4 Å². The molecule has 2 saturated heterocycles. The van der Waals surface area contributed by atoms with Crippen molar-refractivity contribution < 1.29 is 41.7 Å². The van der Waals surface area contributed by atoms with Gasteiger partial charge in [0.05, 0.1) is 42.4 Å². The molecular weight excluding hydrogens is 590 g/mol. The molecule has 44 heavy (non-hydrogen) atoms. The van der Waals surface area contributed by atoms with Crippen LogP contribution in [0.4, 0.5) is 4.79 Å². The van der Waals surface area contributed by atoms with E-state index >= 15 is 0 Å². The lowest BCUT2D eigenvalue weighted by Gasteiger charge is -2.31. The summed E-state index contributed by atoms with van der Waals surface area (Å²) in [6, 6.07) is 13.0. The number of nitrogens with zero attached hydrogens (tertiary/aromatic N) is 1. The van der Waals surface area contributed by atoms with Gasteiger partial charge in [-0.05, 0) is 42.5 Å². The summed E-state index contributed by atoms with van der Waals surface area (Å²) in [6.45, 7) is 4.58. The Labute approximate surface area is 256 Å². The number of furan rings is 1. The molecule has 0 spiro atoms. The number of amides is 2. The van der Waals surface area contributed by atoms with E-state index in [1.165, 1.54) is 22.7 Å². The molecule has 3 aromatic rings. The number of aliphatic hydroxyl groups is 1. The Morgan fingerprint density at radius 1 is 1.16 bits per heavy atom. The minimum atomic E-state index is -4.09. The van der Waals surface area contributed by atoms with Crippen molar-refractivity contribution >= 4 is 33.5 Å². The summed E-state index contributed by atoms with van der Waals surface area (Å²) in [7, 11) is -4.09. The predicted molar refractivity (Wildman–Crippen MR) is 160 cm³/mol. The maximum atomic E-state index is 14.0. The molecule has 5 rings (SSSR count). The highest BCUT2D eigenvalue weighted by Gasteiger charge is 2.44. The fourth-order valence-electron chi connectivity index (χ4n) is 5.69. The minimum absolute atomic E-state index is 0.0214. The average molecular weight is 630 g/mol. The first-order valence-electron chi connectivity index (χ1n) is 14.8. The van der Waals surface area contributed by atoms with Crippen molar-refractivity contribution in [1.29, 1.82) is 0 Å². The van der Waals surface area contributed by atoms with Crippen LogP contribution in [0.2, 0.25) is 0 Å². The number of carbonyl (C=O) groups is 2. The van der Waals surface area contributed by atoms with Gasteiger partial charge in [-0.1, -0.05) is 44.2 Å². The van der Waals surface area contributed by atoms with Crippen LogP contribution < -0.4 is 10.6 Å². The fourth-order valence-corrected chi connectivity index (χ4v) is 7.34. The number of sulfonamides is 1. The van der Waals surface area contributed by atoms with Crippen LogP contribution in [0, 0.1) is 11.8 Å². The second kappa shape index (κ2) is 14.1. The number of ether oxygens (including phenoxy) is 3. The SMILES string of the molecule is CC(C)CN(C[C@@H](O)[C@H](Cc1ccccc1)NC(=O)OC1CO[C@H]2OCC[C@@H]12)S(=O)(=O)c1ccc2occ(CNC=O)c2c1. The van der Waals surface area contributed by atoms with E-state index in [0.717, 1.165) is 12.0 Å². The van der Waals surface area contributed by atoms with Gasteiger partial charge in [-0.15, -0.1) is 0 Å². The van der Waals surface area contributed by atoms with Crippen LogP contribution in [0.15, 0.2) is 64.1 Å². The monoisotopic (exact) mass is 629 g/mol. The largest absolute Gasteiger partial charge is 0.464 e. The third-order valence-electron chi connectivity index (χ3n) is 7.91. The fraction of sp³-hybridized carbons (Fsp3) is 0.484. The molecule has 2 aliphatic rings.